The highest BCUT2D eigenvalue weighted by Crippen LogP contribution is 2.29. The molecule has 0 atom stereocenters. The van der Waals surface area contributed by atoms with E-state index in [0.717, 1.165) is 23.0 Å². The number of rotatable bonds is 4. The Kier molecular flexibility index (Phi) is 5.27. The van der Waals surface area contributed by atoms with Gasteiger partial charge in [0.15, 0.2) is 0 Å². The van der Waals surface area contributed by atoms with Crippen molar-refractivity contribution in [1.29, 1.82) is 0 Å². The molecule has 28 heavy (non-hydrogen) atoms. The van der Waals surface area contributed by atoms with Gasteiger partial charge in [0.05, 0.1) is 22.8 Å². The third kappa shape index (κ3) is 3.93. The highest BCUT2D eigenvalue weighted by molar-refractivity contribution is 6.35. The van der Waals surface area contributed by atoms with Gasteiger partial charge in [0.2, 0.25) is 0 Å². The van der Waals surface area contributed by atoms with Gasteiger partial charge in [-0.1, -0.05) is 35.3 Å². The molecular weight excluding hydrogens is 420 g/mol. The number of nitrogens with zero attached hydrogens (tertiary/aromatic N) is 2. The molecule has 0 aliphatic heterocycles. The third-order valence-corrected chi connectivity index (χ3v) is 4.49. The zero-order valence-corrected chi connectivity index (χ0v) is 15.4. The molecule has 5 nitrogen and oxygen atoms in total. The molecule has 1 aromatic heterocycles. The summed E-state index contributed by atoms with van der Waals surface area (Å²) in [6, 6.07) is 8.64. The Hall–Kier alpha value is -2.71. The van der Waals surface area contributed by atoms with E-state index in [1.165, 1.54) is 35.0 Å². The van der Waals surface area contributed by atoms with Crippen molar-refractivity contribution in [3.8, 4) is 5.69 Å². The molecule has 0 aliphatic rings. The minimum Gasteiger partial charge on any atom is -0.477 e. The molecular formula is C18H11Cl2F3N2O3. The normalized spacial score (nSPS) is 11.6. The first-order valence-electron chi connectivity index (χ1n) is 7.75. The van der Waals surface area contributed by atoms with E-state index in [1.54, 1.807) is 0 Å². The lowest BCUT2D eigenvalue weighted by Crippen LogP contribution is -2.24. The quantitative estimate of drug-likeness (QED) is 0.651. The minimum atomic E-state index is -4.47. The van der Waals surface area contributed by atoms with Crippen LogP contribution in [0.4, 0.5) is 13.2 Å². The van der Waals surface area contributed by atoms with Gasteiger partial charge >= 0.3 is 12.1 Å². The first kappa shape index (κ1) is 20.0. The van der Waals surface area contributed by atoms with Crippen LogP contribution in [0.3, 0.4) is 0 Å². The summed E-state index contributed by atoms with van der Waals surface area (Å²) in [4.78, 5) is 23.9. The number of alkyl halides is 3. The maximum absolute atomic E-state index is 12.7. The lowest BCUT2D eigenvalue weighted by atomic mass is 10.1. The predicted octanol–water partition coefficient (Wildman–Crippen LogP) is 4.71. The minimum absolute atomic E-state index is 0.0559. The fraction of sp³-hybridized carbons (Fsp3) is 0.111. The van der Waals surface area contributed by atoms with Crippen molar-refractivity contribution in [1.82, 2.24) is 9.36 Å². The van der Waals surface area contributed by atoms with Gasteiger partial charge in [0.1, 0.15) is 5.56 Å². The van der Waals surface area contributed by atoms with Crippen molar-refractivity contribution in [2.75, 3.05) is 0 Å². The van der Waals surface area contributed by atoms with Gasteiger partial charge in [0, 0.05) is 11.2 Å². The van der Waals surface area contributed by atoms with Crippen molar-refractivity contribution in [2.24, 2.45) is 0 Å². The van der Waals surface area contributed by atoms with Gasteiger partial charge in [-0.25, -0.2) is 9.48 Å². The van der Waals surface area contributed by atoms with Gasteiger partial charge in [-0.3, -0.25) is 9.48 Å². The molecule has 0 saturated heterocycles. The topological polar surface area (TPSA) is 64.2 Å². The molecule has 0 fully saturated rings. The zero-order chi connectivity index (χ0) is 20.6. The fourth-order valence-corrected chi connectivity index (χ4v) is 3.13. The predicted molar refractivity (Wildman–Crippen MR) is 97.6 cm³/mol. The summed E-state index contributed by atoms with van der Waals surface area (Å²) in [5.74, 6) is -1.44. The van der Waals surface area contributed by atoms with E-state index in [4.69, 9.17) is 23.2 Å². The number of carbonyl (C=O) groups is 1. The van der Waals surface area contributed by atoms with Crippen LogP contribution in [0.5, 0.6) is 0 Å². The largest absolute Gasteiger partial charge is 0.477 e. The summed E-state index contributed by atoms with van der Waals surface area (Å²) in [7, 11) is 0. The number of carboxylic acids is 1. The number of hydrogen-bond donors (Lipinski definition) is 1. The zero-order valence-electron chi connectivity index (χ0n) is 13.9. The van der Waals surface area contributed by atoms with Gasteiger partial charge in [0.25, 0.3) is 5.56 Å². The molecule has 0 unspecified atom stereocenters. The highest BCUT2D eigenvalue weighted by Gasteiger charge is 2.30. The molecule has 0 amide bonds. The number of aromatic nitrogens is 2. The smallest absolute Gasteiger partial charge is 0.416 e. The van der Waals surface area contributed by atoms with Crippen LogP contribution in [0.1, 0.15) is 21.5 Å². The average Bonchev–Trinajstić information content (AvgIpc) is 2.91. The second kappa shape index (κ2) is 7.37. The Morgan fingerprint density at radius 2 is 1.71 bits per heavy atom. The van der Waals surface area contributed by atoms with Crippen LogP contribution in [-0.2, 0) is 12.7 Å². The molecule has 0 radical (unpaired) electrons. The van der Waals surface area contributed by atoms with E-state index >= 15 is 0 Å². The van der Waals surface area contributed by atoms with E-state index < -0.39 is 28.8 Å². The lowest BCUT2D eigenvalue weighted by Gasteiger charge is -2.14. The molecule has 1 heterocycles. The summed E-state index contributed by atoms with van der Waals surface area (Å²) in [6.07, 6.45) is -3.37. The van der Waals surface area contributed by atoms with Crippen LogP contribution >= 0.6 is 23.2 Å². The maximum Gasteiger partial charge on any atom is 0.416 e. The van der Waals surface area contributed by atoms with Gasteiger partial charge in [-0.05, 0) is 35.9 Å². The van der Waals surface area contributed by atoms with Crippen LogP contribution in [0.2, 0.25) is 10.0 Å². The second-order valence-electron chi connectivity index (χ2n) is 5.85. The van der Waals surface area contributed by atoms with E-state index in [-0.39, 0.29) is 17.3 Å². The molecule has 10 heteroatoms. The van der Waals surface area contributed by atoms with E-state index in [0.29, 0.717) is 10.6 Å². The summed E-state index contributed by atoms with van der Waals surface area (Å²) >= 11 is 12.0. The Morgan fingerprint density at radius 1 is 1.07 bits per heavy atom. The van der Waals surface area contributed by atoms with Crippen LogP contribution < -0.4 is 5.56 Å². The molecule has 0 spiro atoms. The molecule has 0 aliphatic carbocycles. The standard InChI is InChI=1S/C18H11Cl2F3N2O3/c19-12-5-6-15(14(20)7-12)25-16(26)13(17(27)28)9-24(25)8-10-1-3-11(4-2-10)18(21,22)23/h1-7,9H,8H2,(H,27,28). The maximum atomic E-state index is 12.7. The molecule has 1 N–H and O–H groups in total. The molecule has 146 valence electrons. The lowest BCUT2D eigenvalue weighted by molar-refractivity contribution is -0.137. The Labute approximate surface area is 166 Å². The van der Waals surface area contributed by atoms with Gasteiger partial charge in [-0.15, -0.1) is 0 Å². The second-order valence-corrected chi connectivity index (χ2v) is 6.70. The summed E-state index contributed by atoms with van der Waals surface area (Å²) < 4.78 is 40.4. The Morgan fingerprint density at radius 3 is 2.25 bits per heavy atom. The van der Waals surface area contributed by atoms with E-state index in [9.17, 15) is 27.9 Å². The van der Waals surface area contributed by atoms with Crippen molar-refractivity contribution < 1.29 is 23.1 Å². The summed E-state index contributed by atoms with van der Waals surface area (Å²) in [5.41, 5.74) is -1.52. The number of carboxylic acid groups (broad SMARTS) is 1. The molecule has 0 saturated carbocycles. The number of benzene rings is 2. The third-order valence-electron chi connectivity index (χ3n) is 3.95. The first-order valence-corrected chi connectivity index (χ1v) is 8.51. The number of hydrogen-bond acceptors (Lipinski definition) is 2. The van der Waals surface area contributed by atoms with Crippen LogP contribution in [0.15, 0.2) is 53.5 Å². The fourth-order valence-electron chi connectivity index (χ4n) is 2.64. The molecule has 3 rings (SSSR count). The average molecular weight is 431 g/mol. The van der Waals surface area contributed by atoms with E-state index in [1.807, 2.05) is 0 Å². The van der Waals surface area contributed by atoms with Crippen molar-refractivity contribution in [3.05, 3.63) is 85.8 Å². The molecule has 3 aromatic rings. The first-order chi connectivity index (χ1) is 13.1. The SMILES string of the molecule is O=C(O)c1cn(Cc2ccc(C(F)(F)F)cc2)n(-c2ccc(Cl)cc2Cl)c1=O. The van der Waals surface area contributed by atoms with Gasteiger partial charge < -0.3 is 5.11 Å². The van der Waals surface area contributed by atoms with Crippen molar-refractivity contribution in [3.63, 3.8) is 0 Å². The Balaban J connectivity index is 2.09. The number of aromatic carboxylic acids is 1. The molecule has 0 bridgehead atoms. The van der Waals surface area contributed by atoms with Crippen molar-refractivity contribution >= 4 is 29.2 Å². The highest BCUT2D eigenvalue weighted by atomic mass is 35.5. The summed E-state index contributed by atoms with van der Waals surface area (Å²) in [6.45, 7) is -0.0559. The Bertz CT molecular complexity index is 1100. The molecule has 2 aromatic carbocycles. The summed E-state index contributed by atoms with van der Waals surface area (Å²) in [5, 5.41) is 9.68. The monoisotopic (exact) mass is 430 g/mol. The van der Waals surface area contributed by atoms with Gasteiger partial charge in [-0.2, -0.15) is 13.2 Å². The van der Waals surface area contributed by atoms with Crippen LogP contribution in [0, 0.1) is 0 Å². The van der Waals surface area contributed by atoms with Crippen molar-refractivity contribution in [2.45, 2.75) is 12.7 Å². The van der Waals surface area contributed by atoms with E-state index in [2.05, 4.69) is 0 Å². The van der Waals surface area contributed by atoms with Crippen LogP contribution in [0.25, 0.3) is 5.69 Å². The van der Waals surface area contributed by atoms with Crippen LogP contribution in [-0.4, -0.2) is 20.4 Å². The number of halogens is 5.